The maximum Gasteiger partial charge on any atom is 0.326 e. The Morgan fingerprint density at radius 3 is 2.60 bits per heavy atom. The number of ether oxygens (including phenoxy) is 1. The Morgan fingerprint density at radius 1 is 1.50 bits per heavy atom. The summed E-state index contributed by atoms with van der Waals surface area (Å²) in [5.74, 6) is -2.26. The number of nitrogens with one attached hydrogen (secondary N) is 1. The molecule has 1 rings (SSSR count). The van der Waals surface area contributed by atoms with Gasteiger partial charge in [-0.3, -0.25) is 14.3 Å². The number of methoxy groups -OCH3 is 1. The molecule has 0 fully saturated rings. The number of hydrogen-bond acceptors (Lipinski definition) is 5. The molecular formula is C12H17N3O5. The molecule has 0 aliphatic rings. The van der Waals surface area contributed by atoms with Gasteiger partial charge < -0.3 is 15.2 Å². The van der Waals surface area contributed by atoms with Gasteiger partial charge in [-0.2, -0.15) is 5.10 Å². The van der Waals surface area contributed by atoms with E-state index in [0.717, 1.165) is 0 Å². The van der Waals surface area contributed by atoms with Crippen LogP contribution >= 0.6 is 0 Å². The summed E-state index contributed by atoms with van der Waals surface area (Å²) in [4.78, 5) is 34.0. The van der Waals surface area contributed by atoms with Crippen molar-refractivity contribution in [1.82, 2.24) is 15.1 Å². The first-order valence-electron chi connectivity index (χ1n) is 5.96. The Morgan fingerprint density at radius 2 is 2.15 bits per heavy atom. The number of carbonyl (C=O) groups is 3. The number of hydrogen-bond donors (Lipinski definition) is 2. The van der Waals surface area contributed by atoms with Gasteiger partial charge >= 0.3 is 11.9 Å². The summed E-state index contributed by atoms with van der Waals surface area (Å²) in [6, 6.07) is -1.15. The molecule has 20 heavy (non-hydrogen) atoms. The van der Waals surface area contributed by atoms with Crippen LogP contribution < -0.4 is 5.32 Å². The predicted molar refractivity (Wildman–Crippen MR) is 68.1 cm³/mol. The highest BCUT2D eigenvalue weighted by molar-refractivity contribution is 5.97. The molecule has 2 N–H and O–H groups in total. The number of aryl methyl sites for hydroxylation is 2. The topological polar surface area (TPSA) is 111 Å². The van der Waals surface area contributed by atoms with E-state index in [1.165, 1.54) is 18.0 Å². The van der Waals surface area contributed by atoms with Gasteiger partial charge in [0, 0.05) is 19.7 Å². The SMILES string of the molecule is COC(=O)CCC(NC(=O)c1cn(C)nc1C)C(=O)O. The molecule has 0 bridgehead atoms. The van der Waals surface area contributed by atoms with Gasteiger partial charge in [0.1, 0.15) is 6.04 Å². The molecular weight excluding hydrogens is 266 g/mol. The first kappa shape index (κ1) is 15.7. The average molecular weight is 283 g/mol. The summed E-state index contributed by atoms with van der Waals surface area (Å²) < 4.78 is 5.90. The lowest BCUT2D eigenvalue weighted by molar-refractivity contribution is -0.142. The molecule has 8 heteroatoms. The normalized spacial score (nSPS) is 11.8. The molecule has 1 aromatic rings. The number of amides is 1. The molecule has 1 atom stereocenters. The number of aliphatic carboxylic acids is 1. The van der Waals surface area contributed by atoms with E-state index in [1.54, 1.807) is 14.0 Å². The van der Waals surface area contributed by atoms with Crippen molar-refractivity contribution in [2.24, 2.45) is 7.05 Å². The number of carboxylic acids is 1. The first-order chi connectivity index (χ1) is 9.35. The summed E-state index contributed by atoms with van der Waals surface area (Å²) in [5, 5.41) is 15.4. The van der Waals surface area contributed by atoms with E-state index < -0.39 is 23.9 Å². The molecule has 0 spiro atoms. The van der Waals surface area contributed by atoms with Crippen molar-refractivity contribution in [1.29, 1.82) is 0 Å². The fourth-order valence-electron chi connectivity index (χ4n) is 1.68. The summed E-state index contributed by atoms with van der Waals surface area (Å²) in [6.07, 6.45) is 1.39. The minimum atomic E-state index is -1.20. The second kappa shape index (κ2) is 6.69. The minimum Gasteiger partial charge on any atom is -0.480 e. The molecule has 1 heterocycles. The Labute approximate surface area is 115 Å². The van der Waals surface area contributed by atoms with Crippen LogP contribution in [-0.4, -0.2) is 45.9 Å². The van der Waals surface area contributed by atoms with Crippen LogP contribution in [0.5, 0.6) is 0 Å². The second-order valence-electron chi connectivity index (χ2n) is 4.28. The number of esters is 1. The van der Waals surface area contributed by atoms with Gasteiger partial charge in [-0.05, 0) is 13.3 Å². The maximum absolute atomic E-state index is 12.0. The van der Waals surface area contributed by atoms with Crippen LogP contribution in [0.25, 0.3) is 0 Å². The fraction of sp³-hybridized carbons (Fsp3) is 0.500. The van der Waals surface area contributed by atoms with Crippen LogP contribution in [0.3, 0.4) is 0 Å². The summed E-state index contributed by atoms with van der Waals surface area (Å²) in [6.45, 7) is 1.65. The lowest BCUT2D eigenvalue weighted by atomic mass is 10.1. The van der Waals surface area contributed by atoms with Crippen LogP contribution in [-0.2, 0) is 21.4 Å². The molecule has 1 unspecified atom stereocenters. The number of carboxylic acid groups (broad SMARTS) is 1. The Balaban J connectivity index is 2.70. The smallest absolute Gasteiger partial charge is 0.326 e. The van der Waals surface area contributed by atoms with Gasteiger partial charge in [-0.15, -0.1) is 0 Å². The standard InChI is InChI=1S/C12H17N3O5/c1-7-8(6-15(2)14-7)11(17)13-9(12(18)19)4-5-10(16)20-3/h6,9H,4-5H2,1-3H3,(H,13,17)(H,18,19). The lowest BCUT2D eigenvalue weighted by Crippen LogP contribution is -2.41. The fourth-order valence-corrected chi connectivity index (χ4v) is 1.68. The van der Waals surface area contributed by atoms with E-state index in [2.05, 4.69) is 15.2 Å². The molecule has 1 amide bonds. The van der Waals surface area contributed by atoms with Crippen molar-refractivity contribution in [3.05, 3.63) is 17.5 Å². The van der Waals surface area contributed by atoms with Gasteiger partial charge in [0.15, 0.2) is 0 Å². The highest BCUT2D eigenvalue weighted by Gasteiger charge is 2.23. The zero-order valence-electron chi connectivity index (χ0n) is 11.5. The van der Waals surface area contributed by atoms with E-state index in [0.29, 0.717) is 11.3 Å². The summed E-state index contributed by atoms with van der Waals surface area (Å²) in [7, 11) is 2.88. The molecule has 1 aromatic heterocycles. The number of carbonyl (C=O) groups excluding carboxylic acids is 2. The van der Waals surface area contributed by atoms with Gasteiger partial charge in [-0.25, -0.2) is 4.79 Å². The molecule has 0 aliphatic carbocycles. The van der Waals surface area contributed by atoms with E-state index in [1.807, 2.05) is 0 Å². The van der Waals surface area contributed by atoms with Gasteiger partial charge in [0.25, 0.3) is 5.91 Å². The largest absolute Gasteiger partial charge is 0.480 e. The van der Waals surface area contributed by atoms with Gasteiger partial charge in [0.05, 0.1) is 18.4 Å². The molecule has 0 saturated carbocycles. The van der Waals surface area contributed by atoms with Gasteiger partial charge in [-0.1, -0.05) is 0 Å². The molecule has 110 valence electrons. The van der Waals surface area contributed by atoms with Crippen molar-refractivity contribution in [3.8, 4) is 0 Å². The summed E-state index contributed by atoms with van der Waals surface area (Å²) in [5.41, 5.74) is 0.805. The van der Waals surface area contributed by atoms with Crippen LogP contribution in [0.4, 0.5) is 0 Å². The van der Waals surface area contributed by atoms with Crippen molar-refractivity contribution in [3.63, 3.8) is 0 Å². The molecule has 0 aromatic carbocycles. The van der Waals surface area contributed by atoms with Crippen LogP contribution in [0.15, 0.2) is 6.20 Å². The van der Waals surface area contributed by atoms with Crippen molar-refractivity contribution < 1.29 is 24.2 Å². The maximum atomic E-state index is 12.0. The third-order valence-corrected chi connectivity index (χ3v) is 2.73. The minimum absolute atomic E-state index is 0.0347. The third kappa shape index (κ3) is 4.08. The molecule has 8 nitrogen and oxygen atoms in total. The zero-order valence-corrected chi connectivity index (χ0v) is 11.5. The summed E-state index contributed by atoms with van der Waals surface area (Å²) >= 11 is 0. The number of rotatable bonds is 6. The number of aromatic nitrogens is 2. The Hall–Kier alpha value is -2.38. The van der Waals surface area contributed by atoms with E-state index in [-0.39, 0.29) is 12.8 Å². The monoisotopic (exact) mass is 283 g/mol. The van der Waals surface area contributed by atoms with E-state index in [9.17, 15) is 14.4 Å². The lowest BCUT2D eigenvalue weighted by Gasteiger charge is -2.13. The van der Waals surface area contributed by atoms with Crippen LogP contribution in [0, 0.1) is 6.92 Å². The van der Waals surface area contributed by atoms with Crippen LogP contribution in [0.1, 0.15) is 28.9 Å². The predicted octanol–water partition coefficient (Wildman–Crippen LogP) is -0.135. The van der Waals surface area contributed by atoms with Gasteiger partial charge in [0.2, 0.25) is 0 Å². The van der Waals surface area contributed by atoms with E-state index >= 15 is 0 Å². The second-order valence-corrected chi connectivity index (χ2v) is 4.28. The highest BCUT2D eigenvalue weighted by atomic mass is 16.5. The van der Waals surface area contributed by atoms with Crippen molar-refractivity contribution in [2.75, 3.05) is 7.11 Å². The van der Waals surface area contributed by atoms with E-state index in [4.69, 9.17) is 5.11 Å². The van der Waals surface area contributed by atoms with Crippen molar-refractivity contribution in [2.45, 2.75) is 25.8 Å². The Bertz CT molecular complexity index is 523. The highest BCUT2D eigenvalue weighted by Crippen LogP contribution is 2.07. The zero-order chi connectivity index (χ0) is 15.3. The quantitative estimate of drug-likeness (QED) is 0.703. The van der Waals surface area contributed by atoms with Crippen molar-refractivity contribution >= 4 is 17.8 Å². The Kier molecular flexibility index (Phi) is 5.24. The average Bonchev–Trinajstić information content (AvgIpc) is 2.72. The molecule has 0 radical (unpaired) electrons. The van der Waals surface area contributed by atoms with Crippen LogP contribution in [0.2, 0.25) is 0 Å². The molecule has 0 aliphatic heterocycles. The molecule has 0 saturated heterocycles. The third-order valence-electron chi connectivity index (χ3n) is 2.73. The number of nitrogens with zero attached hydrogens (tertiary/aromatic N) is 2. The first-order valence-corrected chi connectivity index (χ1v) is 5.96.